The monoisotopic (exact) mass is 442 g/mol. The molecule has 1 saturated heterocycles. The van der Waals surface area contributed by atoms with E-state index < -0.39 is 0 Å². The maximum Gasteiger partial charge on any atom is 0.225 e. The zero-order valence-corrected chi connectivity index (χ0v) is 20.0. The summed E-state index contributed by atoms with van der Waals surface area (Å²) in [5, 5.41) is 5.37. The lowest BCUT2D eigenvalue weighted by atomic mass is 9.74. The second-order valence-electron chi connectivity index (χ2n) is 10.0. The molecule has 4 atom stereocenters. The molecule has 1 fully saturated rings. The van der Waals surface area contributed by atoms with Crippen LogP contribution < -0.4 is 10.2 Å². The Kier molecular flexibility index (Phi) is 6.35. The van der Waals surface area contributed by atoms with Gasteiger partial charge in [-0.05, 0) is 50.0 Å². The molecular formula is C24H34N4O2S. The third-order valence-electron chi connectivity index (χ3n) is 6.22. The van der Waals surface area contributed by atoms with Gasteiger partial charge in [-0.2, -0.15) is 0 Å². The van der Waals surface area contributed by atoms with E-state index >= 15 is 0 Å². The number of rotatable bonds is 5. The zero-order chi connectivity index (χ0) is 22.2. The Morgan fingerprint density at radius 1 is 1.35 bits per heavy atom. The number of thiophene rings is 1. The predicted octanol–water partition coefficient (Wildman–Crippen LogP) is 4.16. The molecule has 6 nitrogen and oxygen atoms in total. The second-order valence-corrected chi connectivity index (χ2v) is 11.1. The number of aromatic nitrogens is 2. The predicted molar refractivity (Wildman–Crippen MR) is 124 cm³/mol. The van der Waals surface area contributed by atoms with Crippen LogP contribution in [-0.4, -0.2) is 41.2 Å². The van der Waals surface area contributed by atoms with Crippen LogP contribution in [0.15, 0.2) is 23.7 Å². The highest BCUT2D eigenvalue weighted by molar-refractivity contribution is 7.09. The summed E-state index contributed by atoms with van der Waals surface area (Å²) in [6, 6.07) is 4.08. The van der Waals surface area contributed by atoms with Gasteiger partial charge in [0.15, 0.2) is 0 Å². The lowest BCUT2D eigenvalue weighted by molar-refractivity contribution is -0.125. The van der Waals surface area contributed by atoms with Gasteiger partial charge in [0.2, 0.25) is 11.9 Å². The molecule has 3 heterocycles. The van der Waals surface area contributed by atoms with Crippen molar-refractivity contribution >= 4 is 23.2 Å². The third-order valence-corrected chi connectivity index (χ3v) is 7.12. The molecule has 0 saturated carbocycles. The number of hydrogen-bond acceptors (Lipinski definition) is 6. The molecule has 168 valence electrons. The minimum absolute atomic E-state index is 0.0476. The minimum atomic E-state index is -0.0661. The first-order valence-electron chi connectivity index (χ1n) is 11.3. The van der Waals surface area contributed by atoms with Gasteiger partial charge in [-0.15, -0.1) is 11.3 Å². The van der Waals surface area contributed by atoms with Gasteiger partial charge >= 0.3 is 0 Å². The molecule has 1 aliphatic heterocycles. The molecule has 1 amide bonds. The summed E-state index contributed by atoms with van der Waals surface area (Å²) in [7, 11) is 0. The highest BCUT2D eigenvalue weighted by Crippen LogP contribution is 2.40. The summed E-state index contributed by atoms with van der Waals surface area (Å²) >= 11 is 1.70. The van der Waals surface area contributed by atoms with Crippen LogP contribution in [-0.2, 0) is 22.4 Å². The first kappa shape index (κ1) is 22.2. The van der Waals surface area contributed by atoms with E-state index in [0.717, 1.165) is 49.6 Å². The Hall–Kier alpha value is -1.99. The number of nitrogens with zero attached hydrogens (tertiary/aromatic N) is 3. The van der Waals surface area contributed by atoms with Crippen molar-refractivity contribution in [3.8, 4) is 0 Å². The molecule has 2 aliphatic rings. The second kappa shape index (κ2) is 8.87. The van der Waals surface area contributed by atoms with Crippen LogP contribution in [0.3, 0.4) is 0 Å². The van der Waals surface area contributed by atoms with Crippen LogP contribution in [0.4, 0.5) is 5.95 Å². The van der Waals surface area contributed by atoms with Gasteiger partial charge in [-0.1, -0.05) is 26.8 Å². The molecule has 1 N–H and O–H groups in total. The van der Waals surface area contributed by atoms with Gasteiger partial charge in [0.25, 0.3) is 0 Å². The Labute approximate surface area is 189 Å². The van der Waals surface area contributed by atoms with Crippen molar-refractivity contribution in [1.82, 2.24) is 15.3 Å². The number of anilines is 1. The number of hydrogen-bond donors (Lipinski definition) is 1. The molecule has 1 aliphatic carbocycles. The highest BCUT2D eigenvalue weighted by Gasteiger charge is 2.36. The van der Waals surface area contributed by atoms with E-state index in [1.807, 2.05) is 19.2 Å². The van der Waals surface area contributed by atoms with Gasteiger partial charge < -0.3 is 15.0 Å². The van der Waals surface area contributed by atoms with Crippen LogP contribution in [0, 0.1) is 11.3 Å². The number of carbonyl (C=O) groups is 1. The summed E-state index contributed by atoms with van der Waals surface area (Å²) in [6.45, 7) is 12.3. The maximum atomic E-state index is 13.0. The van der Waals surface area contributed by atoms with Gasteiger partial charge in [0.05, 0.1) is 23.9 Å². The average Bonchev–Trinajstić information content (AvgIpc) is 3.18. The molecule has 0 radical (unpaired) electrons. The first-order valence-corrected chi connectivity index (χ1v) is 12.2. The first-order chi connectivity index (χ1) is 14.7. The van der Waals surface area contributed by atoms with Crippen molar-refractivity contribution in [1.29, 1.82) is 0 Å². The molecule has 0 bridgehead atoms. The summed E-state index contributed by atoms with van der Waals surface area (Å²) in [5.74, 6) is 0.806. The SMILES string of the molecule is C[C@@H]1CN(c2ncc3c(n2)CC(C)(C)C[C@@H]3NC(=O)[C@H](C)Cc2cccs2)C[C@H](C)O1. The van der Waals surface area contributed by atoms with Crippen molar-refractivity contribution in [3.63, 3.8) is 0 Å². The number of fused-ring (bicyclic) bond motifs is 1. The van der Waals surface area contributed by atoms with Crippen molar-refractivity contribution in [2.24, 2.45) is 11.3 Å². The molecular weight excluding hydrogens is 408 g/mol. The Morgan fingerprint density at radius 3 is 2.77 bits per heavy atom. The van der Waals surface area contributed by atoms with Crippen molar-refractivity contribution in [2.45, 2.75) is 72.1 Å². The number of carbonyl (C=O) groups excluding carboxylic acids is 1. The average molecular weight is 443 g/mol. The van der Waals surface area contributed by atoms with Gasteiger partial charge in [0.1, 0.15) is 0 Å². The van der Waals surface area contributed by atoms with Gasteiger partial charge in [0, 0.05) is 35.6 Å². The lowest BCUT2D eigenvalue weighted by Crippen LogP contribution is -2.46. The van der Waals surface area contributed by atoms with Crippen LogP contribution in [0.25, 0.3) is 0 Å². The maximum absolute atomic E-state index is 13.0. The van der Waals surface area contributed by atoms with Crippen molar-refractivity contribution in [3.05, 3.63) is 39.8 Å². The van der Waals surface area contributed by atoms with E-state index in [2.05, 4.69) is 49.4 Å². The Balaban J connectivity index is 1.52. The fourth-order valence-electron chi connectivity index (χ4n) is 4.80. The largest absolute Gasteiger partial charge is 0.372 e. The van der Waals surface area contributed by atoms with Crippen LogP contribution in [0.5, 0.6) is 0 Å². The van der Waals surface area contributed by atoms with E-state index in [1.54, 1.807) is 11.3 Å². The highest BCUT2D eigenvalue weighted by atomic mass is 32.1. The van der Waals surface area contributed by atoms with Gasteiger partial charge in [-0.25, -0.2) is 9.97 Å². The molecule has 7 heteroatoms. The van der Waals surface area contributed by atoms with E-state index in [-0.39, 0.29) is 35.5 Å². The van der Waals surface area contributed by atoms with Crippen molar-refractivity contribution < 1.29 is 9.53 Å². The standard InChI is InChI=1S/C24H34N4O2S/c1-15(9-18-7-6-8-31-18)22(29)26-20-10-24(4,5)11-21-19(20)12-25-23(27-21)28-13-16(2)30-17(3)14-28/h6-8,12,15-17,20H,9-11,13-14H2,1-5H3,(H,26,29)/t15-,16-,17+,20+/m1/s1. The molecule has 2 aromatic rings. The number of nitrogens with one attached hydrogen (secondary N) is 1. The third kappa shape index (κ3) is 5.26. The summed E-state index contributed by atoms with van der Waals surface area (Å²) < 4.78 is 5.86. The van der Waals surface area contributed by atoms with Crippen LogP contribution in [0.2, 0.25) is 0 Å². The van der Waals surface area contributed by atoms with Crippen LogP contribution in [0.1, 0.15) is 63.2 Å². The fourth-order valence-corrected chi connectivity index (χ4v) is 5.63. The number of morpholine rings is 1. The zero-order valence-electron chi connectivity index (χ0n) is 19.2. The molecule has 2 aromatic heterocycles. The topological polar surface area (TPSA) is 67.4 Å². The molecule has 0 aromatic carbocycles. The summed E-state index contributed by atoms with van der Waals surface area (Å²) in [4.78, 5) is 26.1. The molecule has 4 rings (SSSR count). The fraction of sp³-hybridized carbons (Fsp3) is 0.625. The lowest BCUT2D eigenvalue weighted by Gasteiger charge is -2.38. The smallest absolute Gasteiger partial charge is 0.225 e. The Morgan fingerprint density at radius 2 is 2.10 bits per heavy atom. The van der Waals surface area contributed by atoms with Crippen molar-refractivity contribution in [2.75, 3.05) is 18.0 Å². The number of ether oxygens (including phenoxy) is 1. The van der Waals surface area contributed by atoms with Gasteiger partial charge in [-0.3, -0.25) is 4.79 Å². The number of amides is 1. The molecule has 0 unspecified atom stereocenters. The van der Waals surface area contributed by atoms with E-state index in [1.165, 1.54) is 4.88 Å². The normalized spacial score (nSPS) is 26.2. The summed E-state index contributed by atoms with van der Waals surface area (Å²) in [6.07, 6.45) is 4.83. The van der Waals surface area contributed by atoms with E-state index in [9.17, 15) is 4.79 Å². The molecule has 0 spiro atoms. The van der Waals surface area contributed by atoms with E-state index in [4.69, 9.17) is 14.7 Å². The molecule has 31 heavy (non-hydrogen) atoms. The minimum Gasteiger partial charge on any atom is -0.372 e. The van der Waals surface area contributed by atoms with Crippen LogP contribution >= 0.6 is 11.3 Å². The summed E-state index contributed by atoms with van der Waals surface area (Å²) in [5.41, 5.74) is 2.19. The van der Waals surface area contributed by atoms with E-state index in [0.29, 0.717) is 0 Å². The quantitative estimate of drug-likeness (QED) is 0.753. The Bertz CT molecular complexity index is 904.